The van der Waals surface area contributed by atoms with E-state index in [1.807, 2.05) is 0 Å². The van der Waals surface area contributed by atoms with Gasteiger partial charge in [-0.15, -0.1) is 0 Å². The normalized spacial score (nSPS) is 45.9. The van der Waals surface area contributed by atoms with Crippen LogP contribution in [0, 0.1) is 23.7 Å². The summed E-state index contributed by atoms with van der Waals surface area (Å²) in [4.78, 5) is 0. The van der Waals surface area contributed by atoms with Crippen molar-refractivity contribution in [3.63, 3.8) is 0 Å². The highest BCUT2D eigenvalue weighted by atomic mass is 32.2. The molecule has 0 bridgehead atoms. The molecule has 0 radical (unpaired) electrons. The average Bonchev–Trinajstić information content (AvgIpc) is 3.05. The molecule has 1 N–H and O–H groups in total. The first kappa shape index (κ1) is 13.0. The van der Waals surface area contributed by atoms with Gasteiger partial charge in [0.2, 0.25) is 0 Å². The lowest BCUT2D eigenvalue weighted by atomic mass is 9.75. The number of ether oxygens (including phenoxy) is 1. The number of fused-ring (bicyclic) bond motifs is 1. The van der Waals surface area contributed by atoms with Gasteiger partial charge in [-0.1, -0.05) is 0 Å². The highest BCUT2D eigenvalue weighted by molar-refractivity contribution is 7.99. The fourth-order valence-corrected chi connectivity index (χ4v) is 6.11. The smallest absolute Gasteiger partial charge is 0.0701 e. The molecule has 0 aromatic carbocycles. The Morgan fingerprint density at radius 3 is 2.53 bits per heavy atom. The van der Waals surface area contributed by atoms with E-state index in [2.05, 4.69) is 11.8 Å². The first-order valence-electron chi connectivity index (χ1n) is 8.15. The first-order chi connectivity index (χ1) is 9.26. The van der Waals surface area contributed by atoms with Crippen LogP contribution in [0.1, 0.15) is 44.9 Å². The van der Waals surface area contributed by atoms with Crippen molar-refractivity contribution in [1.82, 2.24) is 0 Å². The maximum absolute atomic E-state index is 10.8. The van der Waals surface area contributed by atoms with Crippen molar-refractivity contribution in [3.05, 3.63) is 0 Å². The molecule has 4 atom stereocenters. The van der Waals surface area contributed by atoms with E-state index in [0.717, 1.165) is 31.3 Å². The van der Waals surface area contributed by atoms with Gasteiger partial charge in [-0.2, -0.15) is 11.8 Å². The van der Waals surface area contributed by atoms with Crippen LogP contribution in [0.2, 0.25) is 0 Å². The van der Waals surface area contributed by atoms with Gasteiger partial charge in [-0.3, -0.25) is 0 Å². The molecule has 2 heterocycles. The Balaban J connectivity index is 1.40. The third-order valence-corrected chi connectivity index (χ3v) is 7.17. The monoisotopic (exact) mass is 282 g/mol. The number of aliphatic hydroxyl groups is 1. The molecule has 0 aromatic heterocycles. The summed E-state index contributed by atoms with van der Waals surface area (Å²) in [5.74, 6) is 5.59. The fraction of sp³-hybridized carbons (Fsp3) is 1.00. The molecule has 0 aromatic rings. The lowest BCUT2D eigenvalue weighted by Gasteiger charge is -2.45. The lowest BCUT2D eigenvalue weighted by Crippen LogP contribution is -2.46. The summed E-state index contributed by atoms with van der Waals surface area (Å²) in [6, 6.07) is 0. The zero-order chi connectivity index (χ0) is 12.9. The zero-order valence-corrected chi connectivity index (χ0v) is 12.5. The molecule has 4 fully saturated rings. The van der Waals surface area contributed by atoms with Gasteiger partial charge in [-0.05, 0) is 80.1 Å². The number of hydrogen-bond acceptors (Lipinski definition) is 3. The van der Waals surface area contributed by atoms with Crippen molar-refractivity contribution in [2.24, 2.45) is 23.7 Å². The summed E-state index contributed by atoms with van der Waals surface area (Å²) < 4.78 is 6.15. The Kier molecular flexibility index (Phi) is 3.36. The molecule has 19 heavy (non-hydrogen) atoms. The number of aliphatic hydroxyl groups excluding tert-OH is 1. The van der Waals surface area contributed by atoms with Crippen LogP contribution in [0.5, 0.6) is 0 Å². The number of thioether (sulfide) groups is 1. The van der Waals surface area contributed by atoms with Crippen LogP contribution in [0.15, 0.2) is 0 Å². The molecule has 0 amide bonds. The van der Waals surface area contributed by atoms with E-state index in [0.29, 0.717) is 11.8 Å². The Bertz CT molecular complexity index is 324. The number of hydrogen-bond donors (Lipinski definition) is 1. The van der Waals surface area contributed by atoms with Gasteiger partial charge in [-0.25, -0.2) is 0 Å². The Labute approximate surface area is 120 Å². The average molecular weight is 282 g/mol. The first-order valence-corrected chi connectivity index (χ1v) is 9.31. The van der Waals surface area contributed by atoms with Crippen LogP contribution in [0.4, 0.5) is 0 Å². The molecule has 2 saturated carbocycles. The lowest BCUT2D eigenvalue weighted by molar-refractivity contribution is -0.127. The van der Waals surface area contributed by atoms with Crippen molar-refractivity contribution in [2.75, 3.05) is 18.1 Å². The molecule has 2 aliphatic carbocycles. The van der Waals surface area contributed by atoms with Crippen molar-refractivity contribution in [3.8, 4) is 0 Å². The fourth-order valence-electron chi connectivity index (χ4n) is 4.87. The van der Waals surface area contributed by atoms with Crippen LogP contribution >= 0.6 is 11.8 Å². The molecule has 2 aliphatic heterocycles. The van der Waals surface area contributed by atoms with Crippen LogP contribution in [0.3, 0.4) is 0 Å². The van der Waals surface area contributed by atoms with E-state index in [9.17, 15) is 5.11 Å². The van der Waals surface area contributed by atoms with Gasteiger partial charge in [0.25, 0.3) is 0 Å². The third kappa shape index (κ3) is 2.47. The summed E-state index contributed by atoms with van der Waals surface area (Å²) in [6.45, 7) is 0.881. The zero-order valence-electron chi connectivity index (χ0n) is 11.7. The molecule has 3 heteroatoms. The second-order valence-electron chi connectivity index (χ2n) is 7.37. The molecular weight excluding hydrogens is 256 g/mol. The minimum absolute atomic E-state index is 0.0387. The minimum Gasteiger partial charge on any atom is -0.393 e. The van der Waals surface area contributed by atoms with Gasteiger partial charge in [0, 0.05) is 6.61 Å². The van der Waals surface area contributed by atoms with E-state index in [1.165, 1.54) is 43.6 Å². The van der Waals surface area contributed by atoms with Crippen molar-refractivity contribution < 1.29 is 9.84 Å². The predicted octanol–water partition coefficient (Wildman–Crippen LogP) is 3.09. The van der Waals surface area contributed by atoms with Crippen molar-refractivity contribution in [2.45, 2.75) is 56.7 Å². The maximum Gasteiger partial charge on any atom is 0.0701 e. The Hall–Kier alpha value is 0.270. The summed E-state index contributed by atoms with van der Waals surface area (Å²) >= 11 is 2.06. The van der Waals surface area contributed by atoms with Gasteiger partial charge in [0.05, 0.1) is 11.7 Å². The summed E-state index contributed by atoms with van der Waals surface area (Å²) in [5.41, 5.74) is 0.136. The van der Waals surface area contributed by atoms with E-state index >= 15 is 0 Å². The van der Waals surface area contributed by atoms with E-state index in [1.54, 1.807) is 0 Å². The van der Waals surface area contributed by atoms with E-state index < -0.39 is 0 Å². The minimum atomic E-state index is -0.0387. The third-order valence-electron chi connectivity index (χ3n) is 6.18. The number of rotatable bonds is 2. The summed E-state index contributed by atoms with van der Waals surface area (Å²) in [5, 5.41) is 10.8. The van der Waals surface area contributed by atoms with Crippen LogP contribution in [-0.4, -0.2) is 34.9 Å². The molecular formula is C16H26O2S. The molecule has 4 unspecified atom stereocenters. The Morgan fingerprint density at radius 1 is 1.05 bits per heavy atom. The second kappa shape index (κ2) is 4.92. The van der Waals surface area contributed by atoms with Gasteiger partial charge >= 0.3 is 0 Å². The molecule has 2 saturated heterocycles. The van der Waals surface area contributed by atoms with Gasteiger partial charge in [0.1, 0.15) is 0 Å². The molecule has 108 valence electrons. The van der Waals surface area contributed by atoms with E-state index in [-0.39, 0.29) is 11.7 Å². The van der Waals surface area contributed by atoms with Crippen LogP contribution < -0.4 is 0 Å². The summed E-state index contributed by atoms with van der Waals surface area (Å²) in [6.07, 6.45) is 8.66. The van der Waals surface area contributed by atoms with Gasteiger partial charge in [0.15, 0.2) is 0 Å². The molecule has 1 spiro atoms. The second-order valence-corrected chi connectivity index (χ2v) is 8.60. The van der Waals surface area contributed by atoms with Crippen molar-refractivity contribution in [1.29, 1.82) is 0 Å². The topological polar surface area (TPSA) is 29.5 Å². The highest BCUT2D eigenvalue weighted by Crippen LogP contribution is 2.56. The standard InChI is InChI=1S/C16H26O2S/c17-15(14-8-12-7-13(12)9-14)11-1-4-18-16(10-11)2-5-19-6-3-16/h11-15,17H,1-10H2. The molecule has 2 nitrogen and oxygen atoms in total. The summed E-state index contributed by atoms with van der Waals surface area (Å²) in [7, 11) is 0. The quantitative estimate of drug-likeness (QED) is 0.844. The predicted molar refractivity (Wildman–Crippen MR) is 78.3 cm³/mol. The molecule has 4 rings (SSSR count). The maximum atomic E-state index is 10.8. The highest BCUT2D eigenvalue weighted by Gasteiger charge is 2.50. The van der Waals surface area contributed by atoms with E-state index in [4.69, 9.17) is 4.74 Å². The van der Waals surface area contributed by atoms with Crippen molar-refractivity contribution >= 4 is 11.8 Å². The molecule has 4 aliphatic rings. The SMILES string of the molecule is OC(C1CC2CC2C1)C1CCOC2(CCSCC2)C1. The van der Waals surface area contributed by atoms with Gasteiger partial charge < -0.3 is 9.84 Å². The largest absolute Gasteiger partial charge is 0.393 e. The van der Waals surface area contributed by atoms with Crippen LogP contribution in [0.25, 0.3) is 0 Å². The Morgan fingerprint density at radius 2 is 1.79 bits per heavy atom. The van der Waals surface area contributed by atoms with Crippen LogP contribution in [-0.2, 0) is 4.74 Å².